The van der Waals surface area contributed by atoms with Crippen molar-refractivity contribution in [2.24, 2.45) is 10.1 Å². The van der Waals surface area contributed by atoms with Crippen LogP contribution in [0, 0.1) is 10.4 Å². The number of nitrogens with one attached hydrogen (secondary N) is 1. The molecule has 2 aromatic carbocycles. The zero-order valence-corrected chi connectivity index (χ0v) is 22.0. The monoisotopic (exact) mass is 569 g/mol. The highest BCUT2D eigenvalue weighted by Crippen LogP contribution is 2.20. The molecular formula is C26H23N3O8S2. The van der Waals surface area contributed by atoms with Gasteiger partial charge in [-0.15, -0.1) is 0 Å². The Hall–Kier alpha value is -3.78. The zero-order chi connectivity index (χ0) is 27.9. The smallest absolute Gasteiger partial charge is 0.288 e. The molecule has 0 bridgehead atoms. The number of benzene rings is 2. The van der Waals surface area contributed by atoms with Gasteiger partial charge in [-0.3, -0.25) is 29.1 Å². The van der Waals surface area contributed by atoms with Crippen LogP contribution in [0.4, 0.5) is 5.69 Å². The van der Waals surface area contributed by atoms with E-state index in [0.29, 0.717) is 0 Å². The summed E-state index contributed by atoms with van der Waals surface area (Å²) in [5.74, 6) is 0. The van der Waals surface area contributed by atoms with E-state index in [4.69, 9.17) is 0 Å². The van der Waals surface area contributed by atoms with E-state index in [-0.39, 0.29) is 43.2 Å². The first-order valence-corrected chi connectivity index (χ1v) is 15.0. The molecule has 3 aliphatic carbocycles. The lowest BCUT2D eigenvalue weighted by Crippen LogP contribution is -2.34. The van der Waals surface area contributed by atoms with Gasteiger partial charge in [0.15, 0.2) is 10.9 Å². The molecule has 0 saturated heterocycles. The Labute approximate surface area is 222 Å². The minimum Gasteiger partial charge on any atom is -0.288 e. The average Bonchev–Trinajstić information content (AvgIpc) is 2.90. The van der Waals surface area contributed by atoms with Crippen molar-refractivity contribution in [1.29, 1.82) is 0 Å². The van der Waals surface area contributed by atoms with E-state index in [0.717, 1.165) is 50.3 Å². The summed E-state index contributed by atoms with van der Waals surface area (Å²) in [5, 5.41) is 3.38. The SMILES string of the molecule is O=c1c2c(=NC3CCCCC3)cc(S(=O)(=O)O)/c(=N/Nc3ccc(S(=O)(=O)O)cc3)c=2c(=O)c2ccccc12. The molecule has 0 aliphatic heterocycles. The first-order chi connectivity index (χ1) is 18.4. The topological polar surface area (TPSA) is 180 Å². The van der Waals surface area contributed by atoms with E-state index in [2.05, 4.69) is 15.5 Å². The van der Waals surface area contributed by atoms with Gasteiger partial charge in [-0.25, -0.2) is 0 Å². The Kier molecular flexibility index (Phi) is 6.93. The van der Waals surface area contributed by atoms with E-state index >= 15 is 0 Å². The predicted octanol–water partition coefficient (Wildman–Crippen LogP) is 1.82. The molecule has 3 N–H and O–H groups in total. The van der Waals surface area contributed by atoms with E-state index in [1.807, 2.05) is 0 Å². The van der Waals surface area contributed by atoms with Gasteiger partial charge in [0.05, 0.1) is 32.4 Å². The molecule has 11 nitrogen and oxygen atoms in total. The minimum absolute atomic E-state index is 0.00571. The Morgan fingerprint density at radius 1 is 0.769 bits per heavy atom. The molecular weight excluding hydrogens is 546 g/mol. The molecule has 1 saturated carbocycles. The number of hydrogen-bond donors (Lipinski definition) is 3. The fraction of sp³-hybridized carbons (Fsp3) is 0.231. The number of nitrogens with zero attached hydrogens (tertiary/aromatic N) is 2. The van der Waals surface area contributed by atoms with Crippen molar-refractivity contribution in [2.75, 3.05) is 5.43 Å². The summed E-state index contributed by atoms with van der Waals surface area (Å²) < 4.78 is 67.0. The first-order valence-electron chi connectivity index (χ1n) is 12.1. The lowest BCUT2D eigenvalue weighted by atomic mass is 9.96. The van der Waals surface area contributed by atoms with Crippen LogP contribution >= 0.6 is 0 Å². The van der Waals surface area contributed by atoms with Crippen molar-refractivity contribution in [3.8, 4) is 0 Å². The van der Waals surface area contributed by atoms with Gasteiger partial charge < -0.3 is 0 Å². The van der Waals surface area contributed by atoms with Crippen molar-refractivity contribution < 1.29 is 25.9 Å². The van der Waals surface area contributed by atoms with Gasteiger partial charge in [0.2, 0.25) is 0 Å². The summed E-state index contributed by atoms with van der Waals surface area (Å²) in [7, 11) is -9.40. The van der Waals surface area contributed by atoms with Gasteiger partial charge in [-0.05, 0) is 43.2 Å². The standard InChI is InChI=1S/C26H23N3O8S2/c30-25-18-8-4-5-9-19(18)26(31)23-22(25)20(27-15-6-2-1-3-7-15)14-21(39(35,36)37)24(23)29-28-16-10-12-17(13-11-16)38(32,33)34/h4-5,8-15,28H,1-3,6-7H2,(H,32,33,34)(H,35,36,37)/b27-20?,29-24-. The molecule has 0 radical (unpaired) electrons. The predicted molar refractivity (Wildman–Crippen MR) is 142 cm³/mol. The lowest BCUT2D eigenvalue weighted by molar-refractivity contribution is 0.437. The molecule has 3 aliphatic rings. The second-order valence-electron chi connectivity index (χ2n) is 9.32. The van der Waals surface area contributed by atoms with Gasteiger partial charge in [-0.1, -0.05) is 43.5 Å². The molecule has 0 amide bonds. The molecule has 5 rings (SSSR count). The van der Waals surface area contributed by atoms with Gasteiger partial charge in [0.25, 0.3) is 20.2 Å². The van der Waals surface area contributed by atoms with Crippen LogP contribution in [0.15, 0.2) is 84.1 Å². The Bertz CT molecular complexity index is 2110. The van der Waals surface area contributed by atoms with Crippen molar-refractivity contribution in [2.45, 2.75) is 47.9 Å². The van der Waals surface area contributed by atoms with Crippen LogP contribution in [0.1, 0.15) is 32.1 Å². The molecule has 202 valence electrons. The molecule has 1 fully saturated rings. The fourth-order valence-corrected chi connectivity index (χ4v) is 6.00. The first kappa shape index (κ1) is 26.8. The van der Waals surface area contributed by atoms with Crippen LogP contribution in [0.5, 0.6) is 0 Å². The number of rotatable bonds is 5. The molecule has 0 spiro atoms. The van der Waals surface area contributed by atoms with Crippen LogP contribution in [-0.2, 0) is 20.2 Å². The van der Waals surface area contributed by atoms with E-state index < -0.39 is 41.3 Å². The Balaban J connectivity index is 1.90. The van der Waals surface area contributed by atoms with Gasteiger partial charge in [0.1, 0.15) is 10.3 Å². The van der Waals surface area contributed by atoms with Crippen molar-refractivity contribution >= 4 is 36.7 Å². The third kappa shape index (κ3) is 5.26. The summed E-state index contributed by atoms with van der Waals surface area (Å²) in [6, 6.07) is 11.7. The summed E-state index contributed by atoms with van der Waals surface area (Å²) in [5.41, 5.74) is 1.53. The quantitative estimate of drug-likeness (QED) is 0.239. The van der Waals surface area contributed by atoms with Crippen molar-refractivity contribution in [3.63, 3.8) is 0 Å². The third-order valence-electron chi connectivity index (χ3n) is 6.74. The number of anilines is 1. The highest BCUT2D eigenvalue weighted by atomic mass is 32.2. The Morgan fingerprint density at radius 3 is 1.92 bits per heavy atom. The average molecular weight is 570 g/mol. The molecule has 0 heterocycles. The van der Waals surface area contributed by atoms with E-state index in [1.54, 1.807) is 12.1 Å². The van der Waals surface area contributed by atoms with Crippen LogP contribution in [-0.4, -0.2) is 32.0 Å². The van der Waals surface area contributed by atoms with Gasteiger partial charge in [0, 0.05) is 10.8 Å². The van der Waals surface area contributed by atoms with E-state index in [1.165, 1.54) is 24.3 Å². The van der Waals surface area contributed by atoms with Crippen LogP contribution in [0.25, 0.3) is 10.8 Å². The van der Waals surface area contributed by atoms with Crippen molar-refractivity contribution in [1.82, 2.24) is 0 Å². The second kappa shape index (κ2) is 10.1. The van der Waals surface area contributed by atoms with Crippen molar-refractivity contribution in [3.05, 3.63) is 96.2 Å². The molecule has 39 heavy (non-hydrogen) atoms. The molecule has 0 unspecified atom stereocenters. The maximum Gasteiger partial charge on any atom is 0.296 e. The normalized spacial score (nSPS) is 16.3. The summed E-state index contributed by atoms with van der Waals surface area (Å²) in [6.07, 6.45) is 4.36. The number of hydrogen-bond acceptors (Lipinski definition) is 9. The molecule has 2 aromatic rings. The van der Waals surface area contributed by atoms with E-state index in [9.17, 15) is 35.5 Å². The van der Waals surface area contributed by atoms with Crippen LogP contribution in [0.3, 0.4) is 0 Å². The second-order valence-corrected chi connectivity index (χ2v) is 12.1. The van der Waals surface area contributed by atoms with Crippen LogP contribution < -0.4 is 27.0 Å². The maximum absolute atomic E-state index is 13.7. The minimum atomic E-state index is -4.95. The Morgan fingerprint density at radius 2 is 1.36 bits per heavy atom. The maximum atomic E-state index is 13.7. The third-order valence-corrected chi connectivity index (χ3v) is 8.47. The highest BCUT2D eigenvalue weighted by molar-refractivity contribution is 7.86. The molecule has 13 heteroatoms. The zero-order valence-electron chi connectivity index (χ0n) is 20.4. The van der Waals surface area contributed by atoms with Gasteiger partial charge >= 0.3 is 0 Å². The summed E-state index contributed by atoms with van der Waals surface area (Å²) in [6.45, 7) is 0. The fourth-order valence-electron chi connectivity index (χ4n) is 4.87. The summed E-state index contributed by atoms with van der Waals surface area (Å²) in [4.78, 5) is 31.0. The van der Waals surface area contributed by atoms with Crippen LogP contribution in [0.2, 0.25) is 0 Å². The molecule has 0 aromatic heterocycles. The summed E-state index contributed by atoms with van der Waals surface area (Å²) >= 11 is 0. The largest absolute Gasteiger partial charge is 0.296 e. The lowest BCUT2D eigenvalue weighted by Gasteiger charge is -2.17. The molecule has 0 atom stereocenters. The highest BCUT2D eigenvalue weighted by Gasteiger charge is 2.21. The number of fused-ring (bicyclic) bond motifs is 1. The van der Waals surface area contributed by atoms with Gasteiger partial charge in [-0.2, -0.15) is 21.9 Å².